The number of hydrogen-bond acceptors (Lipinski definition) is 7. The summed E-state index contributed by atoms with van der Waals surface area (Å²) in [6.45, 7) is 5.97. The molecule has 42 heavy (non-hydrogen) atoms. The molecule has 0 bridgehead atoms. The molecule has 0 radical (unpaired) electrons. The monoisotopic (exact) mass is 591 g/mol. The minimum atomic E-state index is -0.710. The van der Waals surface area contributed by atoms with Crippen molar-refractivity contribution >= 4 is 28.3 Å². The first-order valence-electron chi connectivity index (χ1n) is 14.6. The second kappa shape index (κ2) is 12.1. The molecule has 224 valence electrons. The fourth-order valence-electron chi connectivity index (χ4n) is 7.10. The van der Waals surface area contributed by atoms with Gasteiger partial charge in [-0.25, -0.2) is 4.98 Å². The summed E-state index contributed by atoms with van der Waals surface area (Å²) in [7, 11) is 1.60. The Morgan fingerprint density at radius 2 is 1.83 bits per heavy atom. The van der Waals surface area contributed by atoms with Crippen LogP contribution in [-0.2, 0) is 22.4 Å². The SMILES string of the molecule is COc1ccc(CC(=O)Nc2nc3c(s2)CC2C(C)(CO)C(O)CCC2(C)C3CC(=O)NC(C)c2ccccc2)cc1. The Morgan fingerprint density at radius 3 is 2.50 bits per heavy atom. The third-order valence-electron chi connectivity index (χ3n) is 9.73. The van der Waals surface area contributed by atoms with Crippen molar-refractivity contribution in [3.8, 4) is 5.75 Å². The summed E-state index contributed by atoms with van der Waals surface area (Å²) in [5.41, 5.74) is 1.66. The minimum absolute atomic E-state index is 0.0566. The molecule has 6 atom stereocenters. The molecule has 2 amide bonds. The topological polar surface area (TPSA) is 121 Å². The molecule has 2 aliphatic rings. The highest BCUT2D eigenvalue weighted by molar-refractivity contribution is 7.15. The Bertz CT molecular complexity index is 1410. The molecular formula is C33H41N3O5S. The van der Waals surface area contributed by atoms with Gasteiger partial charge in [-0.05, 0) is 60.8 Å². The van der Waals surface area contributed by atoms with Gasteiger partial charge in [0.15, 0.2) is 5.13 Å². The number of nitrogens with one attached hydrogen (secondary N) is 2. The van der Waals surface area contributed by atoms with Gasteiger partial charge in [0.05, 0.1) is 38.0 Å². The average molecular weight is 592 g/mol. The minimum Gasteiger partial charge on any atom is -0.497 e. The summed E-state index contributed by atoms with van der Waals surface area (Å²) in [6.07, 6.45) is 1.70. The lowest BCUT2D eigenvalue weighted by atomic mass is 9.47. The van der Waals surface area contributed by atoms with Crippen LogP contribution in [0.4, 0.5) is 5.13 Å². The Balaban J connectivity index is 1.41. The lowest BCUT2D eigenvalue weighted by Gasteiger charge is -2.58. The van der Waals surface area contributed by atoms with E-state index < -0.39 is 11.5 Å². The summed E-state index contributed by atoms with van der Waals surface area (Å²) in [6, 6.07) is 17.1. The lowest BCUT2D eigenvalue weighted by Crippen LogP contribution is -2.57. The van der Waals surface area contributed by atoms with Gasteiger partial charge in [-0.1, -0.05) is 56.3 Å². The summed E-state index contributed by atoms with van der Waals surface area (Å²) in [5, 5.41) is 28.2. The van der Waals surface area contributed by atoms with E-state index >= 15 is 0 Å². The molecule has 5 rings (SSSR count). The molecule has 1 saturated carbocycles. The zero-order valence-corrected chi connectivity index (χ0v) is 25.5. The maximum Gasteiger partial charge on any atom is 0.230 e. The molecule has 6 unspecified atom stereocenters. The molecule has 2 aromatic carbocycles. The van der Waals surface area contributed by atoms with Crippen molar-refractivity contribution in [3.05, 3.63) is 76.3 Å². The van der Waals surface area contributed by atoms with Crippen LogP contribution >= 0.6 is 11.3 Å². The fraction of sp³-hybridized carbons (Fsp3) is 0.485. The number of rotatable bonds is 9. The van der Waals surface area contributed by atoms with E-state index in [1.807, 2.05) is 68.4 Å². The number of nitrogens with zero attached hydrogens (tertiary/aromatic N) is 1. The Labute approximate surface area is 251 Å². The zero-order chi connectivity index (χ0) is 30.1. The van der Waals surface area contributed by atoms with Gasteiger partial charge >= 0.3 is 0 Å². The number of carbonyl (C=O) groups excluding carboxylic acids is 2. The number of ether oxygens (including phenoxy) is 1. The van der Waals surface area contributed by atoms with E-state index in [-0.39, 0.29) is 54.6 Å². The van der Waals surface area contributed by atoms with Crippen LogP contribution in [0.25, 0.3) is 0 Å². The number of benzene rings is 2. The van der Waals surface area contributed by atoms with Crippen molar-refractivity contribution in [1.29, 1.82) is 0 Å². The van der Waals surface area contributed by atoms with E-state index in [1.165, 1.54) is 11.3 Å². The Morgan fingerprint density at radius 1 is 1.12 bits per heavy atom. The van der Waals surface area contributed by atoms with Gasteiger partial charge in [0, 0.05) is 22.6 Å². The number of hydrogen-bond donors (Lipinski definition) is 4. The predicted molar refractivity (Wildman–Crippen MR) is 164 cm³/mol. The average Bonchev–Trinajstić information content (AvgIpc) is 3.38. The third-order valence-corrected chi connectivity index (χ3v) is 10.7. The second-order valence-electron chi connectivity index (χ2n) is 12.3. The number of aliphatic hydroxyl groups is 2. The number of anilines is 1. The number of fused-ring (bicyclic) bond motifs is 2. The summed E-state index contributed by atoms with van der Waals surface area (Å²) in [4.78, 5) is 32.4. The van der Waals surface area contributed by atoms with Crippen molar-refractivity contribution in [3.63, 3.8) is 0 Å². The first-order valence-corrected chi connectivity index (χ1v) is 15.4. The van der Waals surface area contributed by atoms with Crippen LogP contribution in [0, 0.1) is 16.7 Å². The molecule has 0 saturated heterocycles. The molecular weight excluding hydrogens is 550 g/mol. The first kappa shape index (κ1) is 30.2. The highest BCUT2D eigenvalue weighted by atomic mass is 32.1. The third kappa shape index (κ3) is 5.82. The molecule has 9 heteroatoms. The Kier molecular flexibility index (Phi) is 8.73. The number of aromatic nitrogens is 1. The van der Waals surface area contributed by atoms with Gasteiger partial charge in [-0.15, -0.1) is 11.3 Å². The van der Waals surface area contributed by atoms with E-state index in [9.17, 15) is 19.8 Å². The first-order chi connectivity index (χ1) is 20.1. The van der Waals surface area contributed by atoms with Crippen LogP contribution in [0.15, 0.2) is 54.6 Å². The quantitative estimate of drug-likeness (QED) is 0.278. The summed E-state index contributed by atoms with van der Waals surface area (Å²) < 4.78 is 5.21. The van der Waals surface area contributed by atoms with Crippen LogP contribution in [0.1, 0.15) is 73.7 Å². The van der Waals surface area contributed by atoms with Crippen molar-refractivity contribution in [1.82, 2.24) is 10.3 Å². The van der Waals surface area contributed by atoms with E-state index in [2.05, 4.69) is 17.6 Å². The van der Waals surface area contributed by atoms with Crippen molar-refractivity contribution in [2.24, 2.45) is 16.7 Å². The molecule has 2 aliphatic carbocycles. The van der Waals surface area contributed by atoms with Crippen LogP contribution < -0.4 is 15.4 Å². The van der Waals surface area contributed by atoms with Crippen LogP contribution in [-0.4, -0.2) is 46.8 Å². The van der Waals surface area contributed by atoms with Crippen molar-refractivity contribution in [2.45, 2.75) is 70.9 Å². The molecule has 8 nitrogen and oxygen atoms in total. The van der Waals surface area contributed by atoms with Gasteiger partial charge in [0.2, 0.25) is 11.8 Å². The molecule has 1 fully saturated rings. The van der Waals surface area contributed by atoms with Crippen molar-refractivity contribution in [2.75, 3.05) is 19.0 Å². The standard InChI is InChI=1S/C33H41N3O5S/c1-20(22-8-6-5-7-9-22)34-29(40)17-24-30-25(18-26-32(24,2)15-14-27(38)33(26,3)19-37)42-31(36-30)35-28(39)16-21-10-12-23(41-4)13-11-21/h5-13,20,24,26-27,37-38H,14-19H2,1-4H3,(H,34,40)(H,35,36,39). The van der Waals surface area contributed by atoms with Gasteiger partial charge < -0.3 is 25.6 Å². The lowest BCUT2D eigenvalue weighted by molar-refractivity contribution is -0.144. The normalized spacial score (nSPS) is 27.3. The van der Waals surface area contributed by atoms with E-state index in [4.69, 9.17) is 9.72 Å². The second-order valence-corrected chi connectivity index (χ2v) is 13.4. The van der Waals surface area contributed by atoms with Gasteiger partial charge in [0.25, 0.3) is 0 Å². The van der Waals surface area contributed by atoms with Crippen LogP contribution in [0.2, 0.25) is 0 Å². The maximum absolute atomic E-state index is 13.5. The van der Waals surface area contributed by atoms with E-state index in [0.717, 1.165) is 33.9 Å². The molecule has 1 aromatic heterocycles. The highest BCUT2D eigenvalue weighted by Crippen LogP contribution is 2.62. The molecule has 0 aliphatic heterocycles. The fourth-order valence-corrected chi connectivity index (χ4v) is 8.19. The van der Waals surface area contributed by atoms with Crippen LogP contribution in [0.3, 0.4) is 0 Å². The number of thiazole rings is 1. The molecule has 0 spiro atoms. The summed E-state index contributed by atoms with van der Waals surface area (Å²) in [5.74, 6) is 0.209. The van der Waals surface area contributed by atoms with Gasteiger partial charge in [-0.3, -0.25) is 9.59 Å². The highest BCUT2D eigenvalue weighted by Gasteiger charge is 2.59. The zero-order valence-electron chi connectivity index (χ0n) is 24.7. The molecule has 1 heterocycles. The maximum atomic E-state index is 13.5. The summed E-state index contributed by atoms with van der Waals surface area (Å²) >= 11 is 1.43. The largest absolute Gasteiger partial charge is 0.497 e. The number of aliphatic hydroxyl groups excluding tert-OH is 2. The van der Waals surface area contributed by atoms with E-state index in [1.54, 1.807) is 7.11 Å². The number of carbonyl (C=O) groups is 2. The number of methoxy groups -OCH3 is 1. The van der Waals surface area contributed by atoms with Crippen molar-refractivity contribution < 1.29 is 24.5 Å². The Hall–Kier alpha value is -3.27. The number of amides is 2. The van der Waals surface area contributed by atoms with Gasteiger partial charge in [-0.2, -0.15) is 0 Å². The van der Waals surface area contributed by atoms with Crippen LogP contribution in [0.5, 0.6) is 5.75 Å². The van der Waals surface area contributed by atoms with Gasteiger partial charge in [0.1, 0.15) is 5.75 Å². The van der Waals surface area contributed by atoms with E-state index in [0.29, 0.717) is 18.0 Å². The predicted octanol–water partition coefficient (Wildman–Crippen LogP) is 5.02. The smallest absolute Gasteiger partial charge is 0.230 e. The molecule has 3 aromatic rings. The molecule has 4 N–H and O–H groups in total.